The summed E-state index contributed by atoms with van der Waals surface area (Å²) >= 11 is 0. The van der Waals surface area contributed by atoms with Crippen molar-refractivity contribution in [1.82, 2.24) is 14.9 Å². The number of hydrogen-bond donors (Lipinski definition) is 1. The zero-order chi connectivity index (χ0) is 16.4. The number of H-pyrrole nitrogens is 1. The number of carbonyl (C=O) groups is 1. The fourth-order valence-electron chi connectivity index (χ4n) is 2.48. The highest BCUT2D eigenvalue weighted by atomic mass is 19.1. The lowest BCUT2D eigenvalue weighted by molar-refractivity contribution is 0.0298. The molecule has 1 aromatic heterocycles. The van der Waals surface area contributed by atoms with Gasteiger partial charge in [0, 0.05) is 18.7 Å². The van der Waals surface area contributed by atoms with E-state index in [1.165, 1.54) is 12.1 Å². The van der Waals surface area contributed by atoms with Gasteiger partial charge in [0.05, 0.1) is 18.9 Å². The Labute approximate surface area is 131 Å². The average molecular weight is 317 g/mol. The first-order valence-electron chi connectivity index (χ1n) is 7.29. The summed E-state index contributed by atoms with van der Waals surface area (Å²) in [5.41, 5.74) is 0.603. The van der Waals surface area contributed by atoms with Crippen molar-refractivity contribution in [2.24, 2.45) is 0 Å². The number of amides is 1. The summed E-state index contributed by atoms with van der Waals surface area (Å²) in [6.07, 6.45) is 0. The van der Waals surface area contributed by atoms with Gasteiger partial charge in [-0.2, -0.15) is 4.98 Å². The number of benzene rings is 1. The van der Waals surface area contributed by atoms with Crippen LogP contribution in [-0.4, -0.2) is 47.1 Å². The van der Waals surface area contributed by atoms with E-state index >= 15 is 0 Å². The topological polar surface area (TPSA) is 75.3 Å². The van der Waals surface area contributed by atoms with Crippen LogP contribution in [0.2, 0.25) is 0 Å². The summed E-state index contributed by atoms with van der Waals surface area (Å²) in [5.74, 6) is -0.805. The lowest BCUT2D eigenvalue weighted by atomic mass is 10.1. The third kappa shape index (κ3) is 3.29. The summed E-state index contributed by atoms with van der Waals surface area (Å²) < 4.78 is 19.2. The maximum absolute atomic E-state index is 14.0. The normalized spacial score (nSPS) is 14.8. The highest BCUT2D eigenvalue weighted by molar-refractivity contribution is 5.93. The van der Waals surface area contributed by atoms with Gasteiger partial charge >= 0.3 is 5.69 Å². The lowest BCUT2D eigenvalue weighted by Crippen LogP contribution is -2.41. The van der Waals surface area contributed by atoms with E-state index < -0.39 is 11.5 Å². The quantitative estimate of drug-likeness (QED) is 0.907. The lowest BCUT2D eigenvalue weighted by Gasteiger charge is -2.26. The van der Waals surface area contributed by atoms with Crippen molar-refractivity contribution >= 4 is 5.91 Å². The molecule has 0 saturated carbocycles. The minimum absolute atomic E-state index is 0.0998. The maximum atomic E-state index is 14.0. The first-order valence-corrected chi connectivity index (χ1v) is 7.29. The third-order valence-corrected chi connectivity index (χ3v) is 3.67. The second-order valence-electron chi connectivity index (χ2n) is 5.37. The number of aryl methyl sites for hydroxylation is 1. The number of nitrogens with one attached hydrogen (secondary N) is 1. The minimum Gasteiger partial charge on any atom is -0.378 e. The van der Waals surface area contributed by atoms with Gasteiger partial charge in [-0.05, 0) is 25.1 Å². The van der Waals surface area contributed by atoms with Crippen LogP contribution in [0, 0.1) is 12.7 Å². The Kier molecular flexibility index (Phi) is 4.20. The van der Waals surface area contributed by atoms with Crippen molar-refractivity contribution in [2.75, 3.05) is 26.3 Å². The van der Waals surface area contributed by atoms with Crippen LogP contribution < -0.4 is 5.69 Å². The van der Waals surface area contributed by atoms with E-state index in [1.54, 1.807) is 17.0 Å². The summed E-state index contributed by atoms with van der Waals surface area (Å²) in [6.45, 7) is 3.64. The highest BCUT2D eigenvalue weighted by Crippen LogP contribution is 2.22. The van der Waals surface area contributed by atoms with Crippen molar-refractivity contribution < 1.29 is 13.9 Å². The van der Waals surface area contributed by atoms with Gasteiger partial charge in [0.2, 0.25) is 0 Å². The van der Waals surface area contributed by atoms with E-state index in [-0.39, 0.29) is 22.9 Å². The first kappa shape index (κ1) is 15.4. The smallest absolute Gasteiger partial charge is 0.346 e. The zero-order valence-electron chi connectivity index (χ0n) is 12.6. The van der Waals surface area contributed by atoms with Gasteiger partial charge in [0.15, 0.2) is 0 Å². The Hall–Kier alpha value is -2.54. The summed E-state index contributed by atoms with van der Waals surface area (Å²) in [4.78, 5) is 32.1. The fraction of sp³-hybridized carbons (Fsp3) is 0.312. The molecular weight excluding hydrogens is 301 g/mol. The number of carbonyl (C=O) groups excluding carboxylic acids is 1. The van der Waals surface area contributed by atoms with Crippen molar-refractivity contribution in [3.8, 4) is 11.3 Å². The Bertz CT molecular complexity index is 797. The van der Waals surface area contributed by atoms with Crippen molar-refractivity contribution in [3.05, 3.63) is 51.8 Å². The molecule has 1 fully saturated rings. The number of aromatic nitrogens is 2. The van der Waals surface area contributed by atoms with E-state index in [1.807, 2.05) is 6.92 Å². The standard InChI is InChI=1S/C16H16FN3O3/c1-10-2-3-12(17)11(8-10)13-9-14(19-16(22)18-13)15(21)20-4-6-23-7-5-20/h2-3,8-9H,4-7H2,1H3,(H,18,19,22). The molecule has 23 heavy (non-hydrogen) atoms. The fourth-order valence-corrected chi connectivity index (χ4v) is 2.48. The Morgan fingerprint density at radius 1 is 1.30 bits per heavy atom. The van der Waals surface area contributed by atoms with E-state index in [9.17, 15) is 14.0 Å². The molecule has 0 bridgehead atoms. The molecule has 1 aliphatic rings. The Balaban J connectivity index is 2.00. The van der Waals surface area contributed by atoms with Crippen LogP contribution in [0.15, 0.2) is 29.1 Å². The molecule has 0 radical (unpaired) electrons. The predicted octanol–water partition coefficient (Wildman–Crippen LogP) is 1.36. The number of aromatic amines is 1. The van der Waals surface area contributed by atoms with Crippen molar-refractivity contribution in [1.29, 1.82) is 0 Å². The molecule has 6 nitrogen and oxygen atoms in total. The van der Waals surface area contributed by atoms with Crippen LogP contribution in [0.4, 0.5) is 4.39 Å². The van der Waals surface area contributed by atoms with Crippen LogP contribution in [0.1, 0.15) is 16.1 Å². The number of nitrogens with zero attached hydrogens (tertiary/aromatic N) is 2. The predicted molar refractivity (Wildman–Crippen MR) is 81.7 cm³/mol. The molecule has 1 saturated heterocycles. The molecule has 3 rings (SSSR count). The summed E-state index contributed by atoms with van der Waals surface area (Å²) in [7, 11) is 0. The second-order valence-corrected chi connectivity index (χ2v) is 5.37. The number of rotatable bonds is 2. The molecular formula is C16H16FN3O3. The Morgan fingerprint density at radius 2 is 2.04 bits per heavy atom. The number of halogens is 1. The molecule has 120 valence electrons. The molecule has 0 unspecified atom stereocenters. The van der Waals surface area contributed by atoms with Crippen molar-refractivity contribution in [3.63, 3.8) is 0 Å². The van der Waals surface area contributed by atoms with E-state index in [2.05, 4.69) is 9.97 Å². The molecule has 1 N–H and O–H groups in total. The molecule has 1 aliphatic heterocycles. The van der Waals surface area contributed by atoms with Crippen LogP contribution >= 0.6 is 0 Å². The van der Waals surface area contributed by atoms with Crippen LogP contribution in [0.5, 0.6) is 0 Å². The van der Waals surface area contributed by atoms with Gasteiger partial charge in [0.25, 0.3) is 5.91 Å². The molecule has 1 aromatic carbocycles. The van der Waals surface area contributed by atoms with Crippen LogP contribution in [0.25, 0.3) is 11.3 Å². The van der Waals surface area contributed by atoms with Gasteiger partial charge in [-0.25, -0.2) is 9.18 Å². The molecule has 0 atom stereocenters. The SMILES string of the molecule is Cc1ccc(F)c(-c2cc(C(=O)N3CCOCC3)[nH]c(=O)n2)c1. The Morgan fingerprint density at radius 3 is 2.78 bits per heavy atom. The largest absolute Gasteiger partial charge is 0.378 e. The molecule has 2 heterocycles. The molecule has 1 amide bonds. The maximum Gasteiger partial charge on any atom is 0.346 e. The van der Waals surface area contributed by atoms with Crippen LogP contribution in [-0.2, 0) is 4.74 Å². The zero-order valence-corrected chi connectivity index (χ0v) is 12.6. The second kappa shape index (κ2) is 6.29. The molecule has 0 aliphatic carbocycles. The van der Waals surface area contributed by atoms with Gasteiger partial charge in [-0.3, -0.25) is 4.79 Å². The third-order valence-electron chi connectivity index (χ3n) is 3.67. The highest BCUT2D eigenvalue weighted by Gasteiger charge is 2.21. The van der Waals surface area contributed by atoms with E-state index in [0.717, 1.165) is 5.56 Å². The average Bonchev–Trinajstić information content (AvgIpc) is 2.56. The minimum atomic E-state index is -0.681. The number of morpholine rings is 1. The van der Waals surface area contributed by atoms with E-state index in [0.29, 0.717) is 26.3 Å². The number of hydrogen-bond acceptors (Lipinski definition) is 4. The van der Waals surface area contributed by atoms with Gasteiger partial charge in [-0.15, -0.1) is 0 Å². The summed E-state index contributed by atoms with van der Waals surface area (Å²) in [6, 6.07) is 5.96. The monoisotopic (exact) mass is 317 g/mol. The van der Waals surface area contributed by atoms with Gasteiger partial charge < -0.3 is 14.6 Å². The van der Waals surface area contributed by atoms with E-state index in [4.69, 9.17) is 4.74 Å². The first-order chi connectivity index (χ1) is 11.0. The number of ether oxygens (including phenoxy) is 1. The molecule has 7 heteroatoms. The molecule has 0 spiro atoms. The van der Waals surface area contributed by atoms with Crippen LogP contribution in [0.3, 0.4) is 0 Å². The van der Waals surface area contributed by atoms with Gasteiger partial charge in [0.1, 0.15) is 11.5 Å². The molecule has 2 aromatic rings. The summed E-state index contributed by atoms with van der Waals surface area (Å²) in [5, 5.41) is 0. The van der Waals surface area contributed by atoms with Crippen molar-refractivity contribution in [2.45, 2.75) is 6.92 Å². The van der Waals surface area contributed by atoms with Gasteiger partial charge in [-0.1, -0.05) is 11.6 Å².